The summed E-state index contributed by atoms with van der Waals surface area (Å²) in [6, 6.07) is 8.74. The van der Waals surface area contributed by atoms with Crippen LogP contribution in [0.25, 0.3) is 0 Å². The zero-order chi connectivity index (χ0) is 14.4. The first-order chi connectivity index (χ1) is 9.53. The molecule has 1 unspecified atom stereocenters. The Morgan fingerprint density at radius 3 is 2.50 bits per heavy atom. The second-order valence-corrected chi connectivity index (χ2v) is 6.54. The van der Waals surface area contributed by atoms with Crippen LogP contribution in [0.1, 0.15) is 38.3 Å². The van der Waals surface area contributed by atoms with Gasteiger partial charge in [-0.25, -0.2) is 0 Å². The fourth-order valence-electron chi connectivity index (χ4n) is 2.24. The first-order valence-electron chi connectivity index (χ1n) is 7.55. The third kappa shape index (κ3) is 5.61. The first-order valence-corrected chi connectivity index (χ1v) is 7.55. The summed E-state index contributed by atoms with van der Waals surface area (Å²) >= 11 is 0. The zero-order valence-electron chi connectivity index (χ0n) is 12.9. The molecule has 0 aliphatic carbocycles. The van der Waals surface area contributed by atoms with Crippen molar-refractivity contribution in [2.75, 3.05) is 19.8 Å². The van der Waals surface area contributed by atoms with Gasteiger partial charge in [-0.2, -0.15) is 0 Å². The minimum atomic E-state index is 0.192. The summed E-state index contributed by atoms with van der Waals surface area (Å²) in [7, 11) is 0. The third-order valence-corrected chi connectivity index (χ3v) is 3.47. The molecule has 0 spiro atoms. The van der Waals surface area contributed by atoms with Gasteiger partial charge in [0.25, 0.3) is 0 Å². The molecule has 3 nitrogen and oxygen atoms in total. The van der Waals surface area contributed by atoms with Gasteiger partial charge < -0.3 is 14.8 Å². The topological polar surface area (TPSA) is 30.5 Å². The number of ether oxygens (including phenoxy) is 2. The molecule has 1 fully saturated rings. The van der Waals surface area contributed by atoms with E-state index in [4.69, 9.17) is 9.47 Å². The number of rotatable bonds is 6. The molecule has 3 heteroatoms. The van der Waals surface area contributed by atoms with Gasteiger partial charge in [0, 0.05) is 12.1 Å². The predicted octanol–water partition coefficient (Wildman–Crippen LogP) is 2.92. The lowest BCUT2D eigenvalue weighted by molar-refractivity contribution is 0.0317. The number of hydrogen-bond acceptors (Lipinski definition) is 3. The van der Waals surface area contributed by atoms with E-state index in [2.05, 4.69) is 50.4 Å². The van der Waals surface area contributed by atoms with E-state index in [0.29, 0.717) is 6.61 Å². The minimum absolute atomic E-state index is 0.192. The normalized spacial score (nSPS) is 19.4. The van der Waals surface area contributed by atoms with E-state index in [1.807, 2.05) is 0 Å². The van der Waals surface area contributed by atoms with Crippen molar-refractivity contribution in [2.24, 2.45) is 0 Å². The van der Waals surface area contributed by atoms with Crippen LogP contribution in [-0.2, 0) is 22.5 Å². The molecule has 1 heterocycles. The van der Waals surface area contributed by atoms with Gasteiger partial charge in [0.05, 0.1) is 19.3 Å². The van der Waals surface area contributed by atoms with E-state index >= 15 is 0 Å². The average Bonchev–Trinajstić information content (AvgIpc) is 2.89. The fourth-order valence-corrected chi connectivity index (χ4v) is 2.24. The van der Waals surface area contributed by atoms with Gasteiger partial charge in [-0.1, -0.05) is 24.3 Å². The lowest BCUT2D eigenvalue weighted by Crippen LogP contribution is -2.37. The Kier molecular flexibility index (Phi) is 5.58. The molecule has 1 aromatic rings. The van der Waals surface area contributed by atoms with Crippen LogP contribution >= 0.6 is 0 Å². The summed E-state index contributed by atoms with van der Waals surface area (Å²) in [6.45, 7) is 9.87. The Balaban J connectivity index is 1.71. The standard InChI is InChI=1S/C17H27NO2/c1-17(2,3)18-10-8-14-4-6-15(7-5-14)12-20-16-9-11-19-13-16/h4-7,16,18H,8-13H2,1-3H3. The molecule has 2 rings (SSSR count). The Morgan fingerprint density at radius 2 is 1.90 bits per heavy atom. The highest BCUT2D eigenvalue weighted by molar-refractivity contribution is 5.22. The van der Waals surface area contributed by atoms with Gasteiger partial charge in [-0.15, -0.1) is 0 Å². The lowest BCUT2D eigenvalue weighted by atomic mass is 10.1. The maximum absolute atomic E-state index is 5.82. The number of hydrogen-bond donors (Lipinski definition) is 1. The van der Waals surface area contributed by atoms with E-state index in [1.54, 1.807) is 0 Å². The maximum Gasteiger partial charge on any atom is 0.0834 e. The molecule has 0 amide bonds. The van der Waals surface area contributed by atoms with Crippen LogP contribution in [0.4, 0.5) is 0 Å². The number of benzene rings is 1. The van der Waals surface area contributed by atoms with Crippen molar-refractivity contribution in [1.82, 2.24) is 5.32 Å². The van der Waals surface area contributed by atoms with Gasteiger partial charge in [0.1, 0.15) is 0 Å². The molecule has 1 aliphatic heterocycles. The number of nitrogens with one attached hydrogen (secondary N) is 1. The van der Waals surface area contributed by atoms with Crippen LogP contribution < -0.4 is 5.32 Å². The van der Waals surface area contributed by atoms with E-state index < -0.39 is 0 Å². The molecule has 1 aromatic carbocycles. The Morgan fingerprint density at radius 1 is 1.20 bits per heavy atom. The van der Waals surface area contributed by atoms with Crippen molar-refractivity contribution < 1.29 is 9.47 Å². The van der Waals surface area contributed by atoms with Gasteiger partial charge in [0.2, 0.25) is 0 Å². The van der Waals surface area contributed by atoms with E-state index in [-0.39, 0.29) is 11.6 Å². The van der Waals surface area contributed by atoms with E-state index in [9.17, 15) is 0 Å². The molecule has 112 valence electrons. The van der Waals surface area contributed by atoms with E-state index in [1.165, 1.54) is 11.1 Å². The summed E-state index contributed by atoms with van der Waals surface area (Å²) < 4.78 is 11.1. The summed E-state index contributed by atoms with van der Waals surface area (Å²) in [5.41, 5.74) is 2.80. The van der Waals surface area contributed by atoms with Crippen LogP contribution in [0.5, 0.6) is 0 Å². The van der Waals surface area contributed by atoms with Crippen molar-refractivity contribution in [3.05, 3.63) is 35.4 Å². The highest BCUT2D eigenvalue weighted by atomic mass is 16.5. The molecule has 1 saturated heterocycles. The summed E-state index contributed by atoms with van der Waals surface area (Å²) in [5.74, 6) is 0. The second-order valence-electron chi connectivity index (χ2n) is 6.54. The van der Waals surface area contributed by atoms with Crippen molar-refractivity contribution in [2.45, 2.75) is 51.9 Å². The predicted molar refractivity (Wildman–Crippen MR) is 81.9 cm³/mol. The maximum atomic E-state index is 5.82. The SMILES string of the molecule is CC(C)(C)NCCc1ccc(COC2CCOC2)cc1. The fraction of sp³-hybridized carbons (Fsp3) is 0.647. The molecule has 0 bridgehead atoms. The monoisotopic (exact) mass is 277 g/mol. The van der Waals surface area contributed by atoms with Crippen LogP contribution in [0, 0.1) is 0 Å². The van der Waals surface area contributed by atoms with Crippen molar-refractivity contribution >= 4 is 0 Å². The molecule has 20 heavy (non-hydrogen) atoms. The largest absolute Gasteiger partial charge is 0.379 e. The molecule has 1 atom stereocenters. The Labute approximate surface area is 122 Å². The summed E-state index contributed by atoms with van der Waals surface area (Å²) in [6.07, 6.45) is 2.37. The molecule has 0 aromatic heterocycles. The molecule has 0 radical (unpaired) electrons. The highest BCUT2D eigenvalue weighted by Gasteiger charge is 2.15. The van der Waals surface area contributed by atoms with Gasteiger partial charge in [-0.3, -0.25) is 0 Å². The average molecular weight is 277 g/mol. The highest BCUT2D eigenvalue weighted by Crippen LogP contribution is 2.12. The smallest absolute Gasteiger partial charge is 0.0834 e. The summed E-state index contributed by atoms with van der Waals surface area (Å²) in [4.78, 5) is 0. The van der Waals surface area contributed by atoms with Crippen molar-refractivity contribution in [3.8, 4) is 0 Å². The lowest BCUT2D eigenvalue weighted by Gasteiger charge is -2.20. The van der Waals surface area contributed by atoms with Crippen LogP contribution in [0.15, 0.2) is 24.3 Å². The Bertz CT molecular complexity index is 388. The Hall–Kier alpha value is -0.900. The minimum Gasteiger partial charge on any atom is -0.379 e. The molecular weight excluding hydrogens is 250 g/mol. The second kappa shape index (κ2) is 7.21. The quantitative estimate of drug-likeness (QED) is 0.867. The van der Waals surface area contributed by atoms with Gasteiger partial charge in [0.15, 0.2) is 0 Å². The third-order valence-electron chi connectivity index (χ3n) is 3.47. The van der Waals surface area contributed by atoms with Crippen LogP contribution in [-0.4, -0.2) is 31.4 Å². The van der Waals surface area contributed by atoms with Crippen LogP contribution in [0.3, 0.4) is 0 Å². The van der Waals surface area contributed by atoms with Crippen molar-refractivity contribution in [1.29, 1.82) is 0 Å². The van der Waals surface area contributed by atoms with Gasteiger partial charge >= 0.3 is 0 Å². The first kappa shape index (κ1) is 15.5. The molecular formula is C17H27NO2. The molecule has 1 N–H and O–H groups in total. The van der Waals surface area contributed by atoms with Crippen LogP contribution in [0.2, 0.25) is 0 Å². The molecule has 1 aliphatic rings. The van der Waals surface area contributed by atoms with Gasteiger partial charge in [-0.05, 0) is 51.3 Å². The van der Waals surface area contributed by atoms with E-state index in [0.717, 1.165) is 32.6 Å². The van der Waals surface area contributed by atoms with Crippen molar-refractivity contribution in [3.63, 3.8) is 0 Å². The summed E-state index contributed by atoms with van der Waals surface area (Å²) in [5, 5.41) is 3.51. The molecule has 0 saturated carbocycles. The zero-order valence-corrected chi connectivity index (χ0v) is 12.9.